The highest BCUT2D eigenvalue weighted by atomic mass is 31.2. The molecule has 84 valence electrons. The molecule has 15 heavy (non-hydrogen) atoms. The van der Waals surface area contributed by atoms with Crippen LogP contribution in [0, 0.1) is 0 Å². The van der Waals surface area contributed by atoms with Crippen molar-refractivity contribution < 1.29 is 18.5 Å². The van der Waals surface area contributed by atoms with E-state index in [0.29, 0.717) is 12.3 Å². The zero-order valence-corrected chi connectivity index (χ0v) is 9.31. The lowest BCUT2D eigenvalue weighted by atomic mass is 10.1. The van der Waals surface area contributed by atoms with Gasteiger partial charge in [0.25, 0.3) is 0 Å². The van der Waals surface area contributed by atoms with Gasteiger partial charge in [0.2, 0.25) is 0 Å². The summed E-state index contributed by atoms with van der Waals surface area (Å²) in [5.74, 6) is 0.295. The van der Waals surface area contributed by atoms with Crippen LogP contribution in [0.3, 0.4) is 0 Å². The van der Waals surface area contributed by atoms with Crippen LogP contribution in [-0.4, -0.2) is 18.5 Å². The molecule has 1 aromatic carbocycles. The molecule has 0 aliphatic heterocycles. The van der Waals surface area contributed by atoms with E-state index < -0.39 is 7.82 Å². The molecule has 0 saturated carbocycles. The average molecular weight is 231 g/mol. The van der Waals surface area contributed by atoms with Gasteiger partial charge in [0, 0.05) is 7.11 Å². The molecule has 0 heterocycles. The van der Waals surface area contributed by atoms with Gasteiger partial charge in [-0.1, -0.05) is 12.1 Å². The largest absolute Gasteiger partial charge is 0.527 e. The van der Waals surface area contributed by atoms with E-state index in [4.69, 9.17) is 15.2 Å². The number of rotatable bonds is 5. The van der Waals surface area contributed by atoms with E-state index in [-0.39, 0.29) is 0 Å². The van der Waals surface area contributed by atoms with Crippen LogP contribution < -0.4 is 10.3 Å². The van der Waals surface area contributed by atoms with Crippen LogP contribution in [-0.2, 0) is 15.5 Å². The van der Waals surface area contributed by atoms with Crippen molar-refractivity contribution in [3.05, 3.63) is 29.8 Å². The van der Waals surface area contributed by atoms with Gasteiger partial charge in [0.1, 0.15) is 5.75 Å². The highest BCUT2D eigenvalue weighted by Gasteiger charge is 2.19. The Morgan fingerprint density at radius 3 is 2.47 bits per heavy atom. The van der Waals surface area contributed by atoms with Crippen molar-refractivity contribution in [2.75, 3.05) is 13.7 Å². The fraction of sp³-hybridized carbons (Fsp3) is 0.333. The van der Waals surface area contributed by atoms with Gasteiger partial charge in [-0.15, -0.1) is 0 Å². The van der Waals surface area contributed by atoms with E-state index >= 15 is 0 Å². The second-order valence-electron chi connectivity index (χ2n) is 2.93. The van der Waals surface area contributed by atoms with E-state index in [2.05, 4.69) is 4.52 Å². The van der Waals surface area contributed by atoms with Crippen LogP contribution in [0.25, 0.3) is 0 Å². The zero-order valence-electron chi connectivity index (χ0n) is 8.42. The van der Waals surface area contributed by atoms with Crippen molar-refractivity contribution in [1.29, 1.82) is 0 Å². The third-order valence-electron chi connectivity index (χ3n) is 1.81. The second kappa shape index (κ2) is 5.28. The van der Waals surface area contributed by atoms with E-state index in [1.54, 1.807) is 24.3 Å². The lowest BCUT2D eigenvalue weighted by Gasteiger charge is -2.10. The molecule has 0 radical (unpaired) electrons. The van der Waals surface area contributed by atoms with E-state index in [1.807, 2.05) is 0 Å². The maximum Gasteiger partial charge on any atom is 0.527 e. The minimum atomic E-state index is -3.95. The van der Waals surface area contributed by atoms with E-state index in [9.17, 15) is 4.57 Å². The van der Waals surface area contributed by atoms with Crippen LogP contribution in [0.2, 0.25) is 0 Å². The molecule has 0 spiro atoms. The number of benzene rings is 1. The van der Waals surface area contributed by atoms with Gasteiger partial charge < -0.3 is 10.3 Å². The van der Waals surface area contributed by atoms with Crippen LogP contribution in [0.1, 0.15) is 5.56 Å². The van der Waals surface area contributed by atoms with Crippen LogP contribution in [0.15, 0.2) is 24.3 Å². The summed E-state index contributed by atoms with van der Waals surface area (Å²) >= 11 is 0. The smallest absolute Gasteiger partial charge is 0.404 e. The Hall–Kier alpha value is -0.870. The number of nitrogens with two attached hydrogens (primary N) is 1. The first-order valence-corrected chi connectivity index (χ1v) is 5.94. The van der Waals surface area contributed by atoms with E-state index in [0.717, 1.165) is 19.1 Å². The normalized spacial score (nSPS) is 14.6. The summed E-state index contributed by atoms with van der Waals surface area (Å²) in [5, 5.41) is 0. The highest BCUT2D eigenvalue weighted by molar-refractivity contribution is 7.47. The van der Waals surface area contributed by atoms with Gasteiger partial charge in [-0.3, -0.25) is 9.42 Å². The van der Waals surface area contributed by atoms with Crippen molar-refractivity contribution >= 4 is 7.82 Å². The molecule has 0 fully saturated rings. The van der Waals surface area contributed by atoms with Gasteiger partial charge in [-0.2, -0.15) is 0 Å². The first kappa shape index (κ1) is 12.2. The lowest BCUT2D eigenvalue weighted by Crippen LogP contribution is -2.02. The van der Waals surface area contributed by atoms with Crippen LogP contribution in [0.5, 0.6) is 5.75 Å². The summed E-state index contributed by atoms with van der Waals surface area (Å²) in [6.07, 6.45) is 0.765. The maximum absolute atomic E-state index is 11.1. The fourth-order valence-electron chi connectivity index (χ4n) is 1.05. The van der Waals surface area contributed by atoms with Gasteiger partial charge in [-0.05, 0) is 30.7 Å². The molecule has 0 amide bonds. The predicted molar refractivity (Wildman–Crippen MR) is 56.7 cm³/mol. The number of phosphoric ester groups is 1. The summed E-state index contributed by atoms with van der Waals surface area (Å²) in [6, 6.07) is 6.79. The first-order valence-electron chi connectivity index (χ1n) is 4.44. The Morgan fingerprint density at radius 2 is 2.00 bits per heavy atom. The van der Waals surface area contributed by atoms with E-state index in [1.165, 1.54) is 0 Å². The third kappa shape index (κ3) is 4.01. The van der Waals surface area contributed by atoms with Crippen molar-refractivity contribution in [1.82, 2.24) is 0 Å². The highest BCUT2D eigenvalue weighted by Crippen LogP contribution is 2.42. The average Bonchev–Trinajstić information content (AvgIpc) is 2.21. The number of hydrogen-bond donors (Lipinski definition) is 2. The standard InChI is InChI=1S/C9H14NO4P/c1-13-15(11,12)14-9-4-2-8(3-5-9)6-7-10/h2-5H,6-7,10H2,1H3,(H,11,12). The molecule has 5 nitrogen and oxygen atoms in total. The Labute approximate surface area is 88.4 Å². The summed E-state index contributed by atoms with van der Waals surface area (Å²) < 4.78 is 20.1. The molecule has 1 aromatic rings. The van der Waals surface area contributed by atoms with Gasteiger partial charge >= 0.3 is 7.82 Å². The topological polar surface area (TPSA) is 81.8 Å². The van der Waals surface area contributed by atoms with Crippen LogP contribution in [0.4, 0.5) is 0 Å². The van der Waals surface area contributed by atoms with Gasteiger partial charge in [0.15, 0.2) is 0 Å². The lowest BCUT2D eigenvalue weighted by molar-refractivity contribution is 0.243. The zero-order chi connectivity index (χ0) is 11.3. The van der Waals surface area contributed by atoms with Crippen molar-refractivity contribution in [3.8, 4) is 5.75 Å². The third-order valence-corrected chi connectivity index (χ3v) is 2.71. The summed E-state index contributed by atoms with van der Waals surface area (Å²) in [6.45, 7) is 0.566. The number of hydrogen-bond acceptors (Lipinski definition) is 4. The van der Waals surface area contributed by atoms with Gasteiger partial charge in [0.05, 0.1) is 0 Å². The summed E-state index contributed by atoms with van der Waals surface area (Å²) in [5.41, 5.74) is 6.44. The Bertz CT molecular complexity index is 352. The molecule has 6 heteroatoms. The molecule has 1 unspecified atom stereocenters. The molecular formula is C9H14NO4P. The second-order valence-corrected chi connectivity index (χ2v) is 4.41. The summed E-state index contributed by atoms with van der Waals surface area (Å²) in [7, 11) is -2.84. The number of phosphoric acid groups is 1. The Kier molecular flexibility index (Phi) is 4.29. The quantitative estimate of drug-likeness (QED) is 0.746. The first-order chi connectivity index (χ1) is 7.07. The van der Waals surface area contributed by atoms with Crippen molar-refractivity contribution in [2.24, 2.45) is 5.73 Å². The molecular weight excluding hydrogens is 217 g/mol. The monoisotopic (exact) mass is 231 g/mol. The molecule has 0 aliphatic carbocycles. The maximum atomic E-state index is 11.1. The Balaban J connectivity index is 2.68. The summed E-state index contributed by atoms with van der Waals surface area (Å²) in [4.78, 5) is 9.04. The molecule has 0 aliphatic rings. The predicted octanol–water partition coefficient (Wildman–Crippen LogP) is 1.31. The molecule has 0 bridgehead atoms. The fourth-order valence-corrected chi connectivity index (χ4v) is 1.52. The Morgan fingerprint density at radius 1 is 1.40 bits per heavy atom. The molecule has 1 atom stereocenters. The molecule has 3 N–H and O–H groups in total. The molecule has 0 aromatic heterocycles. The van der Waals surface area contributed by atoms with Crippen molar-refractivity contribution in [3.63, 3.8) is 0 Å². The molecule has 1 rings (SSSR count). The van der Waals surface area contributed by atoms with Gasteiger partial charge in [-0.25, -0.2) is 4.57 Å². The minimum absolute atomic E-state index is 0.295. The SMILES string of the molecule is COP(=O)(O)Oc1ccc(CCN)cc1. The molecule has 0 saturated heterocycles. The van der Waals surface area contributed by atoms with Crippen molar-refractivity contribution in [2.45, 2.75) is 6.42 Å². The van der Waals surface area contributed by atoms with Crippen LogP contribution >= 0.6 is 7.82 Å². The minimum Gasteiger partial charge on any atom is -0.404 e.